The summed E-state index contributed by atoms with van der Waals surface area (Å²) in [6, 6.07) is 5.97. The van der Waals surface area contributed by atoms with E-state index < -0.39 is 5.54 Å². The van der Waals surface area contributed by atoms with E-state index in [0.29, 0.717) is 35.3 Å². The zero-order chi connectivity index (χ0) is 16.6. The van der Waals surface area contributed by atoms with E-state index >= 15 is 0 Å². The number of aromatic nitrogens is 3. The monoisotopic (exact) mass is 328 g/mol. The van der Waals surface area contributed by atoms with Crippen LogP contribution in [0.3, 0.4) is 0 Å². The number of benzene rings is 1. The van der Waals surface area contributed by atoms with Crippen molar-refractivity contribution in [3.8, 4) is 11.5 Å². The lowest BCUT2D eigenvalue weighted by Gasteiger charge is -2.17. The molecule has 1 aliphatic carbocycles. The molecule has 6 nitrogen and oxygen atoms in total. The molecular weight excluding hydrogens is 311 g/mol. The summed E-state index contributed by atoms with van der Waals surface area (Å²) in [7, 11) is 0. The van der Waals surface area contributed by atoms with E-state index in [4.69, 9.17) is 14.7 Å². The molecule has 0 atom stereocenters. The molecule has 124 valence electrons. The predicted octanol–water partition coefficient (Wildman–Crippen LogP) is 3.18. The number of rotatable bonds is 4. The fraction of sp³-hybridized carbons (Fsp3) is 0.353. The molecule has 1 aromatic carbocycles. The molecule has 7 heteroatoms. The van der Waals surface area contributed by atoms with Gasteiger partial charge in [0, 0.05) is 5.56 Å². The van der Waals surface area contributed by atoms with Gasteiger partial charge in [-0.25, -0.2) is 9.37 Å². The summed E-state index contributed by atoms with van der Waals surface area (Å²) in [4.78, 5) is 8.80. The van der Waals surface area contributed by atoms with Crippen LogP contribution in [-0.4, -0.2) is 15.1 Å². The van der Waals surface area contributed by atoms with Crippen LogP contribution < -0.4 is 5.73 Å². The molecule has 4 rings (SSSR count). The SMILES string of the molecule is NC1(c2noc(Cc3coc(-c4ccc(F)cc4)n3)n2)CCCC1. The average Bonchev–Trinajstić information content (AvgIpc) is 3.30. The molecule has 2 aromatic heterocycles. The summed E-state index contributed by atoms with van der Waals surface area (Å²) in [6.07, 6.45) is 5.84. The summed E-state index contributed by atoms with van der Waals surface area (Å²) in [6.45, 7) is 0. The quantitative estimate of drug-likeness (QED) is 0.791. The summed E-state index contributed by atoms with van der Waals surface area (Å²) < 4.78 is 23.7. The van der Waals surface area contributed by atoms with Gasteiger partial charge in [-0.3, -0.25) is 0 Å². The van der Waals surface area contributed by atoms with Gasteiger partial charge in [-0.15, -0.1) is 0 Å². The van der Waals surface area contributed by atoms with Crippen molar-refractivity contribution in [3.63, 3.8) is 0 Å². The maximum Gasteiger partial charge on any atom is 0.232 e. The second-order valence-corrected chi connectivity index (χ2v) is 6.20. The fourth-order valence-corrected chi connectivity index (χ4v) is 3.03. The summed E-state index contributed by atoms with van der Waals surface area (Å²) >= 11 is 0. The highest BCUT2D eigenvalue weighted by Crippen LogP contribution is 2.34. The first-order valence-corrected chi connectivity index (χ1v) is 7.95. The molecule has 0 aliphatic heterocycles. The number of nitrogens with two attached hydrogens (primary N) is 1. The van der Waals surface area contributed by atoms with Gasteiger partial charge in [0.2, 0.25) is 11.8 Å². The van der Waals surface area contributed by atoms with Crippen LogP contribution in [0.2, 0.25) is 0 Å². The molecule has 0 unspecified atom stereocenters. The van der Waals surface area contributed by atoms with E-state index in [1.807, 2.05) is 0 Å². The van der Waals surface area contributed by atoms with Crippen molar-refractivity contribution in [2.75, 3.05) is 0 Å². The zero-order valence-electron chi connectivity index (χ0n) is 13.0. The van der Waals surface area contributed by atoms with Crippen LogP contribution in [0.4, 0.5) is 4.39 Å². The van der Waals surface area contributed by atoms with Crippen molar-refractivity contribution >= 4 is 0 Å². The van der Waals surface area contributed by atoms with Gasteiger partial charge in [0.05, 0.1) is 17.7 Å². The van der Waals surface area contributed by atoms with Crippen LogP contribution >= 0.6 is 0 Å². The minimum absolute atomic E-state index is 0.299. The smallest absolute Gasteiger partial charge is 0.232 e. The lowest BCUT2D eigenvalue weighted by Crippen LogP contribution is -2.34. The third-order valence-electron chi connectivity index (χ3n) is 4.38. The zero-order valence-corrected chi connectivity index (χ0v) is 13.0. The largest absolute Gasteiger partial charge is 0.444 e. The molecule has 1 saturated carbocycles. The van der Waals surface area contributed by atoms with Gasteiger partial charge in [-0.05, 0) is 37.1 Å². The first-order valence-electron chi connectivity index (χ1n) is 7.95. The standard InChI is InChI=1S/C17H17FN4O2/c18-12-5-3-11(4-6-12)15-20-13(10-23-15)9-14-21-16(22-24-14)17(19)7-1-2-8-17/h3-6,10H,1-2,7-9,19H2. The summed E-state index contributed by atoms with van der Waals surface area (Å²) in [5, 5.41) is 4.03. The van der Waals surface area contributed by atoms with Crippen LogP contribution in [0.1, 0.15) is 43.1 Å². The van der Waals surface area contributed by atoms with Crippen LogP contribution in [0, 0.1) is 5.82 Å². The Morgan fingerprint density at radius 3 is 2.62 bits per heavy atom. The molecule has 0 bridgehead atoms. The Kier molecular flexibility index (Phi) is 3.65. The van der Waals surface area contributed by atoms with Gasteiger partial charge in [-0.1, -0.05) is 18.0 Å². The maximum absolute atomic E-state index is 13.0. The molecular formula is C17H17FN4O2. The van der Waals surface area contributed by atoms with Crippen LogP contribution in [0.15, 0.2) is 39.5 Å². The Balaban J connectivity index is 1.50. The highest BCUT2D eigenvalue weighted by atomic mass is 19.1. The van der Waals surface area contributed by atoms with E-state index in [0.717, 1.165) is 25.7 Å². The molecule has 0 amide bonds. The van der Waals surface area contributed by atoms with Crippen molar-refractivity contribution in [1.82, 2.24) is 15.1 Å². The van der Waals surface area contributed by atoms with Gasteiger partial charge >= 0.3 is 0 Å². The number of hydrogen-bond donors (Lipinski definition) is 1. The second kappa shape index (κ2) is 5.83. The fourth-order valence-electron chi connectivity index (χ4n) is 3.03. The Morgan fingerprint density at radius 1 is 1.12 bits per heavy atom. The van der Waals surface area contributed by atoms with E-state index in [9.17, 15) is 4.39 Å². The van der Waals surface area contributed by atoms with Crippen LogP contribution in [0.25, 0.3) is 11.5 Å². The number of oxazole rings is 1. The third kappa shape index (κ3) is 2.82. The van der Waals surface area contributed by atoms with Crippen LogP contribution in [0.5, 0.6) is 0 Å². The maximum atomic E-state index is 13.0. The Hall–Kier alpha value is -2.54. The molecule has 24 heavy (non-hydrogen) atoms. The molecule has 0 radical (unpaired) electrons. The first kappa shape index (κ1) is 15.0. The minimum Gasteiger partial charge on any atom is -0.444 e. The number of hydrogen-bond acceptors (Lipinski definition) is 6. The number of halogens is 1. The Morgan fingerprint density at radius 2 is 1.88 bits per heavy atom. The molecule has 2 heterocycles. The predicted molar refractivity (Wildman–Crippen MR) is 83.3 cm³/mol. The van der Waals surface area contributed by atoms with E-state index in [1.165, 1.54) is 18.4 Å². The summed E-state index contributed by atoms with van der Waals surface area (Å²) in [5.74, 6) is 1.15. The normalized spacial score (nSPS) is 16.6. The molecule has 1 aliphatic rings. The van der Waals surface area contributed by atoms with E-state index in [-0.39, 0.29) is 5.82 Å². The van der Waals surface area contributed by atoms with Gasteiger partial charge < -0.3 is 14.7 Å². The van der Waals surface area contributed by atoms with Crippen molar-refractivity contribution in [2.45, 2.75) is 37.6 Å². The van der Waals surface area contributed by atoms with Crippen molar-refractivity contribution in [3.05, 3.63) is 53.8 Å². The molecule has 2 N–H and O–H groups in total. The molecule has 0 saturated heterocycles. The van der Waals surface area contributed by atoms with Crippen molar-refractivity contribution in [1.29, 1.82) is 0 Å². The molecule has 3 aromatic rings. The van der Waals surface area contributed by atoms with Gasteiger partial charge in [0.15, 0.2) is 5.82 Å². The van der Waals surface area contributed by atoms with E-state index in [1.54, 1.807) is 12.1 Å². The lowest BCUT2D eigenvalue weighted by atomic mass is 9.99. The Bertz CT molecular complexity index is 834. The van der Waals surface area contributed by atoms with Gasteiger partial charge in [0.1, 0.15) is 12.1 Å². The lowest BCUT2D eigenvalue weighted by molar-refractivity contribution is 0.351. The van der Waals surface area contributed by atoms with Crippen LogP contribution in [-0.2, 0) is 12.0 Å². The highest BCUT2D eigenvalue weighted by Gasteiger charge is 2.36. The molecule has 0 spiro atoms. The van der Waals surface area contributed by atoms with Gasteiger partial charge in [0.25, 0.3) is 0 Å². The minimum atomic E-state index is -0.467. The number of nitrogens with zero attached hydrogens (tertiary/aromatic N) is 3. The third-order valence-corrected chi connectivity index (χ3v) is 4.38. The highest BCUT2D eigenvalue weighted by molar-refractivity contribution is 5.52. The Labute approximate surface area is 137 Å². The van der Waals surface area contributed by atoms with Crippen molar-refractivity contribution < 1.29 is 13.3 Å². The molecule has 1 fully saturated rings. The van der Waals surface area contributed by atoms with Crippen molar-refractivity contribution in [2.24, 2.45) is 5.73 Å². The summed E-state index contributed by atoms with van der Waals surface area (Å²) in [5.41, 5.74) is 7.24. The topological polar surface area (TPSA) is 91.0 Å². The average molecular weight is 328 g/mol. The van der Waals surface area contributed by atoms with E-state index in [2.05, 4.69) is 15.1 Å². The second-order valence-electron chi connectivity index (χ2n) is 6.20. The first-order chi connectivity index (χ1) is 11.6. The van der Waals surface area contributed by atoms with Gasteiger partial charge in [-0.2, -0.15) is 4.98 Å².